The highest BCUT2D eigenvalue weighted by Crippen LogP contribution is 2.23. The highest BCUT2D eigenvalue weighted by Gasteiger charge is 2.19. The first kappa shape index (κ1) is 12.8. The average Bonchev–Trinajstić information content (AvgIpc) is 2.25. The molecule has 1 rings (SSSR count). The lowest BCUT2D eigenvalue weighted by atomic mass is 9.95. The van der Waals surface area contributed by atoms with Crippen molar-refractivity contribution in [3.63, 3.8) is 0 Å². The van der Waals surface area contributed by atoms with Crippen LogP contribution >= 0.6 is 11.6 Å². The van der Waals surface area contributed by atoms with Crippen LogP contribution in [0.2, 0.25) is 0 Å². The van der Waals surface area contributed by atoms with E-state index in [-0.39, 0.29) is 5.92 Å². The average molecular weight is 239 g/mol. The van der Waals surface area contributed by atoms with Crippen LogP contribution in [0.25, 0.3) is 5.03 Å². The van der Waals surface area contributed by atoms with Gasteiger partial charge in [0.1, 0.15) is 0 Å². The summed E-state index contributed by atoms with van der Waals surface area (Å²) >= 11 is 6.09. The van der Waals surface area contributed by atoms with E-state index in [0.29, 0.717) is 5.03 Å². The Hall–Kier alpha value is -1.28. The summed E-state index contributed by atoms with van der Waals surface area (Å²) in [4.78, 5) is 11.0. The molecule has 0 aromatic heterocycles. The molecule has 0 heterocycles. The van der Waals surface area contributed by atoms with Gasteiger partial charge in [-0.05, 0) is 11.5 Å². The van der Waals surface area contributed by atoms with E-state index >= 15 is 0 Å². The highest BCUT2D eigenvalue weighted by molar-refractivity contribution is 6.48. The van der Waals surface area contributed by atoms with E-state index in [4.69, 9.17) is 16.7 Å². The van der Waals surface area contributed by atoms with Crippen LogP contribution in [0.3, 0.4) is 0 Å². The molecule has 1 unspecified atom stereocenters. The summed E-state index contributed by atoms with van der Waals surface area (Å²) < 4.78 is 0. The van der Waals surface area contributed by atoms with Gasteiger partial charge >= 0.3 is 5.97 Å². The van der Waals surface area contributed by atoms with Crippen LogP contribution in [0.15, 0.2) is 36.4 Å². The van der Waals surface area contributed by atoms with Crippen LogP contribution < -0.4 is 0 Å². The van der Waals surface area contributed by atoms with Gasteiger partial charge in [-0.2, -0.15) is 0 Å². The molecule has 0 aliphatic heterocycles. The van der Waals surface area contributed by atoms with Gasteiger partial charge in [-0.15, -0.1) is 0 Å². The zero-order chi connectivity index (χ0) is 12.1. The van der Waals surface area contributed by atoms with Crippen molar-refractivity contribution in [3.8, 4) is 0 Å². The van der Waals surface area contributed by atoms with Gasteiger partial charge in [0.2, 0.25) is 0 Å². The van der Waals surface area contributed by atoms with Crippen LogP contribution in [-0.2, 0) is 4.79 Å². The Kier molecular flexibility index (Phi) is 4.56. The first-order chi connectivity index (χ1) is 7.52. The first-order valence-electron chi connectivity index (χ1n) is 5.18. The number of halogens is 1. The minimum Gasteiger partial charge on any atom is -0.481 e. The molecule has 0 saturated carbocycles. The number of aliphatic carboxylic acids is 1. The van der Waals surface area contributed by atoms with Gasteiger partial charge < -0.3 is 5.11 Å². The Morgan fingerprint density at radius 1 is 1.31 bits per heavy atom. The smallest absolute Gasteiger partial charge is 0.310 e. The van der Waals surface area contributed by atoms with E-state index in [1.54, 1.807) is 6.08 Å². The molecule has 0 spiro atoms. The molecule has 1 N–H and O–H groups in total. The van der Waals surface area contributed by atoms with Crippen LogP contribution in [0.1, 0.15) is 19.4 Å². The topological polar surface area (TPSA) is 37.3 Å². The van der Waals surface area contributed by atoms with Gasteiger partial charge in [0.15, 0.2) is 0 Å². The fraction of sp³-hybridized carbons (Fsp3) is 0.308. The van der Waals surface area contributed by atoms with Crippen LogP contribution in [0.5, 0.6) is 0 Å². The molecule has 16 heavy (non-hydrogen) atoms. The molecule has 1 aromatic carbocycles. The molecular formula is C13H15ClO2. The van der Waals surface area contributed by atoms with Crippen molar-refractivity contribution in [1.29, 1.82) is 0 Å². The minimum atomic E-state index is -0.843. The van der Waals surface area contributed by atoms with Gasteiger partial charge in [0.25, 0.3) is 0 Å². The van der Waals surface area contributed by atoms with Gasteiger partial charge in [0, 0.05) is 5.03 Å². The lowest BCUT2D eigenvalue weighted by molar-refractivity contribution is -0.141. The predicted molar refractivity (Wildman–Crippen MR) is 66.2 cm³/mol. The summed E-state index contributed by atoms with van der Waals surface area (Å²) in [7, 11) is 0. The largest absolute Gasteiger partial charge is 0.481 e. The molecule has 0 amide bonds. The zero-order valence-electron chi connectivity index (χ0n) is 9.35. The quantitative estimate of drug-likeness (QED) is 0.870. The van der Waals surface area contributed by atoms with Crippen molar-refractivity contribution in [2.75, 3.05) is 0 Å². The third kappa shape index (κ3) is 3.38. The molecule has 0 saturated heterocycles. The molecular weight excluding hydrogens is 224 g/mol. The van der Waals surface area contributed by atoms with Gasteiger partial charge in [-0.1, -0.05) is 61.9 Å². The highest BCUT2D eigenvalue weighted by atomic mass is 35.5. The second-order valence-electron chi connectivity index (χ2n) is 3.99. The van der Waals surface area contributed by atoms with Crippen LogP contribution in [0, 0.1) is 11.8 Å². The zero-order valence-corrected chi connectivity index (χ0v) is 10.1. The molecule has 2 nitrogen and oxygen atoms in total. The Balaban J connectivity index is 2.95. The molecule has 3 heteroatoms. The number of rotatable bonds is 4. The van der Waals surface area contributed by atoms with Gasteiger partial charge in [0.05, 0.1) is 5.92 Å². The summed E-state index contributed by atoms with van der Waals surface area (Å²) in [5.41, 5.74) is 0.844. The van der Waals surface area contributed by atoms with Crippen molar-refractivity contribution in [2.45, 2.75) is 13.8 Å². The van der Waals surface area contributed by atoms with Crippen molar-refractivity contribution in [2.24, 2.45) is 11.8 Å². The second kappa shape index (κ2) is 5.71. The minimum absolute atomic E-state index is 0.0231. The third-order valence-corrected chi connectivity index (χ3v) is 2.72. The maximum atomic E-state index is 11.0. The Morgan fingerprint density at radius 3 is 2.31 bits per heavy atom. The summed E-state index contributed by atoms with van der Waals surface area (Å²) in [5.74, 6) is -1.37. The molecule has 1 atom stereocenters. The van der Waals surface area contributed by atoms with Crippen LogP contribution in [-0.4, -0.2) is 11.1 Å². The van der Waals surface area contributed by atoms with Crippen molar-refractivity contribution >= 4 is 22.6 Å². The fourth-order valence-corrected chi connectivity index (χ4v) is 1.66. The fourth-order valence-electron chi connectivity index (χ4n) is 1.40. The molecule has 86 valence electrons. The number of benzene rings is 1. The maximum Gasteiger partial charge on any atom is 0.310 e. The number of hydrogen-bond donors (Lipinski definition) is 1. The van der Waals surface area contributed by atoms with Crippen LogP contribution in [0.4, 0.5) is 0 Å². The molecule has 0 aliphatic rings. The summed E-state index contributed by atoms with van der Waals surface area (Å²) in [6, 6.07) is 9.36. The SMILES string of the molecule is CC(C)C(/C=C(/Cl)c1ccccc1)C(=O)O. The van der Waals surface area contributed by atoms with E-state index < -0.39 is 11.9 Å². The van der Waals surface area contributed by atoms with Crippen molar-refractivity contribution in [1.82, 2.24) is 0 Å². The number of carboxylic acids is 1. The number of carboxylic acid groups (broad SMARTS) is 1. The van der Waals surface area contributed by atoms with E-state index in [9.17, 15) is 4.79 Å². The number of hydrogen-bond acceptors (Lipinski definition) is 1. The molecule has 0 bridgehead atoms. The molecule has 0 radical (unpaired) electrons. The Bertz CT molecular complexity index is 382. The number of carbonyl (C=O) groups is 1. The first-order valence-corrected chi connectivity index (χ1v) is 5.55. The Morgan fingerprint density at radius 2 is 1.88 bits per heavy atom. The Labute approximate surface area is 101 Å². The normalized spacial score (nSPS) is 13.9. The summed E-state index contributed by atoms with van der Waals surface area (Å²) in [6.07, 6.45) is 1.60. The third-order valence-electron chi connectivity index (χ3n) is 2.38. The van der Waals surface area contributed by atoms with Gasteiger partial charge in [-0.3, -0.25) is 4.79 Å². The molecule has 1 aromatic rings. The molecule has 0 aliphatic carbocycles. The maximum absolute atomic E-state index is 11.0. The molecule has 0 fully saturated rings. The van der Waals surface area contributed by atoms with E-state index in [1.165, 1.54) is 0 Å². The van der Waals surface area contributed by atoms with Crippen molar-refractivity contribution < 1.29 is 9.90 Å². The predicted octanol–water partition coefficient (Wildman–Crippen LogP) is 3.62. The lowest BCUT2D eigenvalue weighted by Crippen LogP contribution is -2.17. The standard InChI is InChI=1S/C13H15ClO2/c1-9(2)11(13(15)16)8-12(14)10-6-4-3-5-7-10/h3-9,11H,1-2H3,(H,15,16)/b12-8+. The second-order valence-corrected chi connectivity index (χ2v) is 4.40. The lowest BCUT2D eigenvalue weighted by Gasteiger charge is -2.12. The van der Waals surface area contributed by atoms with Gasteiger partial charge in [-0.25, -0.2) is 0 Å². The summed E-state index contributed by atoms with van der Waals surface area (Å²) in [5, 5.41) is 9.52. The van der Waals surface area contributed by atoms with Crippen molar-refractivity contribution in [3.05, 3.63) is 42.0 Å². The van der Waals surface area contributed by atoms with E-state index in [2.05, 4.69) is 0 Å². The van der Waals surface area contributed by atoms with E-state index in [1.807, 2.05) is 44.2 Å². The monoisotopic (exact) mass is 238 g/mol. The summed E-state index contributed by atoms with van der Waals surface area (Å²) in [6.45, 7) is 3.73. The van der Waals surface area contributed by atoms with E-state index in [0.717, 1.165) is 5.56 Å².